The summed E-state index contributed by atoms with van der Waals surface area (Å²) < 4.78 is 1.65. The number of aryl methyl sites for hydroxylation is 1. The van der Waals surface area contributed by atoms with E-state index in [2.05, 4.69) is 15.7 Å². The monoisotopic (exact) mass is 444 g/mol. The molecule has 0 aliphatic carbocycles. The minimum atomic E-state index is -0.275. The predicted molar refractivity (Wildman–Crippen MR) is 127 cm³/mol. The van der Waals surface area contributed by atoms with Gasteiger partial charge in [-0.2, -0.15) is 5.10 Å². The van der Waals surface area contributed by atoms with Crippen molar-refractivity contribution in [2.45, 2.75) is 6.92 Å². The molecule has 4 rings (SSSR count). The molecule has 0 unspecified atom stereocenters. The number of benzene rings is 3. The van der Waals surface area contributed by atoms with Gasteiger partial charge in [-0.25, -0.2) is 0 Å². The van der Waals surface area contributed by atoms with Gasteiger partial charge < -0.3 is 10.6 Å². The molecule has 0 aliphatic rings. The minimum Gasteiger partial charge on any atom is -0.322 e. The first-order chi connectivity index (χ1) is 15.4. The molecule has 160 valence electrons. The molecule has 0 aliphatic heterocycles. The van der Waals surface area contributed by atoms with Crippen molar-refractivity contribution in [2.24, 2.45) is 7.05 Å². The Morgan fingerprint density at radius 1 is 0.844 bits per heavy atom. The molecule has 0 radical (unpaired) electrons. The van der Waals surface area contributed by atoms with Crippen LogP contribution in [0, 0.1) is 6.92 Å². The van der Waals surface area contributed by atoms with Crippen LogP contribution in [-0.4, -0.2) is 21.6 Å². The van der Waals surface area contributed by atoms with E-state index >= 15 is 0 Å². The zero-order valence-corrected chi connectivity index (χ0v) is 18.4. The zero-order valence-electron chi connectivity index (χ0n) is 17.6. The summed E-state index contributed by atoms with van der Waals surface area (Å²) in [5.74, 6) is 0.161. The van der Waals surface area contributed by atoms with Gasteiger partial charge in [-0.15, -0.1) is 0 Å². The molecule has 0 spiro atoms. The van der Waals surface area contributed by atoms with Gasteiger partial charge in [-0.1, -0.05) is 54.1 Å². The maximum Gasteiger partial charge on any atom is 0.257 e. The fraction of sp³-hybridized carbons (Fsp3) is 0.0800. The van der Waals surface area contributed by atoms with Crippen LogP contribution in [0.1, 0.15) is 26.3 Å². The zero-order chi connectivity index (χ0) is 22.7. The number of hydrogen-bond acceptors (Lipinski definition) is 3. The maximum absolute atomic E-state index is 12.6. The highest BCUT2D eigenvalue weighted by atomic mass is 35.5. The van der Waals surface area contributed by atoms with Crippen LogP contribution in [0.2, 0.25) is 5.02 Å². The number of nitrogens with one attached hydrogen (secondary N) is 2. The van der Waals surface area contributed by atoms with Gasteiger partial charge in [0.2, 0.25) is 0 Å². The summed E-state index contributed by atoms with van der Waals surface area (Å²) in [5, 5.41) is 10.8. The summed E-state index contributed by atoms with van der Waals surface area (Å²) in [4.78, 5) is 25.0. The lowest BCUT2D eigenvalue weighted by atomic mass is 10.1. The van der Waals surface area contributed by atoms with Gasteiger partial charge in [-0.3, -0.25) is 14.3 Å². The quantitative estimate of drug-likeness (QED) is 0.423. The van der Waals surface area contributed by atoms with Gasteiger partial charge in [-0.05, 0) is 43.3 Å². The van der Waals surface area contributed by atoms with Crippen molar-refractivity contribution in [3.05, 3.63) is 101 Å². The number of carbonyl (C=O) groups excluding carboxylic acids is 2. The van der Waals surface area contributed by atoms with E-state index in [-0.39, 0.29) is 11.8 Å². The van der Waals surface area contributed by atoms with Gasteiger partial charge in [0.05, 0.1) is 16.3 Å². The summed E-state index contributed by atoms with van der Waals surface area (Å²) in [6, 6.07) is 23.3. The molecule has 0 bridgehead atoms. The highest BCUT2D eigenvalue weighted by Crippen LogP contribution is 2.29. The van der Waals surface area contributed by atoms with Crippen molar-refractivity contribution in [3.8, 4) is 11.3 Å². The molecule has 0 saturated carbocycles. The van der Waals surface area contributed by atoms with Crippen molar-refractivity contribution < 1.29 is 9.59 Å². The number of amides is 2. The van der Waals surface area contributed by atoms with E-state index in [1.165, 1.54) is 0 Å². The predicted octanol–water partition coefficient (Wildman–Crippen LogP) is 5.55. The van der Waals surface area contributed by atoms with Crippen molar-refractivity contribution in [1.29, 1.82) is 0 Å². The molecule has 32 heavy (non-hydrogen) atoms. The third-order valence-corrected chi connectivity index (χ3v) is 5.42. The lowest BCUT2D eigenvalue weighted by Gasteiger charge is -2.08. The van der Waals surface area contributed by atoms with Gasteiger partial charge in [0.1, 0.15) is 5.82 Å². The van der Waals surface area contributed by atoms with Crippen molar-refractivity contribution in [2.75, 3.05) is 10.6 Å². The molecule has 1 aromatic heterocycles. The van der Waals surface area contributed by atoms with Crippen molar-refractivity contribution in [1.82, 2.24) is 9.78 Å². The molecular formula is C25H21ClN4O2. The largest absolute Gasteiger partial charge is 0.322 e. The fourth-order valence-corrected chi connectivity index (χ4v) is 3.62. The smallest absolute Gasteiger partial charge is 0.257 e. The maximum atomic E-state index is 12.6. The second-order valence-electron chi connectivity index (χ2n) is 7.28. The van der Waals surface area contributed by atoms with Crippen molar-refractivity contribution >= 4 is 34.9 Å². The van der Waals surface area contributed by atoms with E-state index < -0.39 is 0 Å². The average molecular weight is 445 g/mol. The fourth-order valence-electron chi connectivity index (χ4n) is 3.40. The third kappa shape index (κ3) is 4.40. The van der Waals surface area contributed by atoms with Gasteiger partial charge in [0.15, 0.2) is 0 Å². The lowest BCUT2D eigenvalue weighted by molar-refractivity contribution is 0.101. The first kappa shape index (κ1) is 21.3. The van der Waals surface area contributed by atoms with Crippen LogP contribution in [0.3, 0.4) is 0 Å². The Morgan fingerprint density at radius 2 is 1.50 bits per heavy atom. The van der Waals surface area contributed by atoms with Crippen LogP contribution < -0.4 is 10.6 Å². The molecule has 7 heteroatoms. The number of carbonyl (C=O) groups is 2. The van der Waals surface area contributed by atoms with E-state index in [4.69, 9.17) is 11.6 Å². The first-order valence-electron chi connectivity index (χ1n) is 10.0. The average Bonchev–Trinajstić information content (AvgIpc) is 3.08. The normalized spacial score (nSPS) is 10.6. The van der Waals surface area contributed by atoms with Gasteiger partial charge in [0.25, 0.3) is 11.8 Å². The Hall–Kier alpha value is -3.90. The Bertz CT molecular complexity index is 1280. The lowest BCUT2D eigenvalue weighted by Crippen LogP contribution is -2.15. The Kier molecular flexibility index (Phi) is 6.05. The summed E-state index contributed by atoms with van der Waals surface area (Å²) in [6.07, 6.45) is 0. The van der Waals surface area contributed by atoms with E-state index in [0.717, 1.165) is 16.8 Å². The SMILES string of the molecule is Cc1c(-c2ccc(NC(=O)c3ccccc3Cl)cc2)nn(C)c1NC(=O)c1ccccc1. The number of nitrogens with zero attached hydrogens (tertiary/aromatic N) is 2. The molecule has 1 heterocycles. The van der Waals surface area contributed by atoms with Crippen LogP contribution in [-0.2, 0) is 7.05 Å². The Balaban J connectivity index is 1.52. The minimum absolute atomic E-state index is 0.194. The van der Waals surface area contributed by atoms with Gasteiger partial charge in [0, 0.05) is 29.4 Å². The molecule has 0 atom stereocenters. The van der Waals surface area contributed by atoms with Crippen LogP contribution in [0.4, 0.5) is 11.5 Å². The van der Waals surface area contributed by atoms with Gasteiger partial charge >= 0.3 is 0 Å². The Labute approximate surface area is 190 Å². The number of aromatic nitrogens is 2. The Morgan fingerprint density at radius 3 is 2.19 bits per heavy atom. The molecule has 2 N–H and O–H groups in total. The first-order valence-corrected chi connectivity index (χ1v) is 10.4. The molecule has 6 nitrogen and oxygen atoms in total. The molecule has 0 fully saturated rings. The topological polar surface area (TPSA) is 76.0 Å². The van der Waals surface area contributed by atoms with Crippen LogP contribution in [0.15, 0.2) is 78.9 Å². The molecule has 4 aromatic rings. The van der Waals surface area contributed by atoms with Crippen LogP contribution in [0.25, 0.3) is 11.3 Å². The van der Waals surface area contributed by atoms with Crippen LogP contribution in [0.5, 0.6) is 0 Å². The van der Waals surface area contributed by atoms with Crippen molar-refractivity contribution in [3.63, 3.8) is 0 Å². The second-order valence-corrected chi connectivity index (χ2v) is 7.68. The van der Waals surface area contributed by atoms with E-state index in [1.807, 2.05) is 37.3 Å². The number of halogens is 1. The summed E-state index contributed by atoms with van der Waals surface area (Å²) in [7, 11) is 1.79. The second kappa shape index (κ2) is 9.08. The molecule has 2 amide bonds. The number of anilines is 2. The molecule has 3 aromatic carbocycles. The van der Waals surface area contributed by atoms with E-state index in [1.54, 1.807) is 60.3 Å². The highest BCUT2D eigenvalue weighted by Gasteiger charge is 2.17. The highest BCUT2D eigenvalue weighted by molar-refractivity contribution is 6.34. The standard InChI is InChI=1S/C25H21ClN4O2/c1-16-22(29-30(2)23(16)28-24(31)18-8-4-3-5-9-18)17-12-14-19(15-13-17)27-25(32)20-10-6-7-11-21(20)26/h3-15H,1-2H3,(H,27,32)(H,28,31). The van der Waals surface area contributed by atoms with E-state index in [0.29, 0.717) is 27.7 Å². The van der Waals surface area contributed by atoms with Crippen LogP contribution >= 0.6 is 11.6 Å². The number of hydrogen-bond donors (Lipinski definition) is 2. The molecule has 0 saturated heterocycles. The van der Waals surface area contributed by atoms with E-state index in [9.17, 15) is 9.59 Å². The summed E-state index contributed by atoms with van der Waals surface area (Å²) in [5.41, 5.74) is 4.11. The molecular weight excluding hydrogens is 424 g/mol. The summed E-state index contributed by atoms with van der Waals surface area (Å²) in [6.45, 7) is 1.91. The third-order valence-electron chi connectivity index (χ3n) is 5.09. The number of rotatable bonds is 5. The summed E-state index contributed by atoms with van der Waals surface area (Å²) >= 11 is 6.10.